The molecule has 1 aromatic rings. The molecule has 0 fully saturated rings. The second-order valence-corrected chi connectivity index (χ2v) is 2.70. The van der Waals surface area contributed by atoms with Crippen LogP contribution in [-0.4, -0.2) is 22.7 Å². The summed E-state index contributed by atoms with van der Waals surface area (Å²) in [5, 5.41) is 4.29. The summed E-state index contributed by atoms with van der Waals surface area (Å²) in [5.74, 6) is 5.98. The number of hydrogen-bond donors (Lipinski definition) is 2. The molecule has 0 aliphatic rings. The first-order valence-corrected chi connectivity index (χ1v) is 4.21. The lowest BCUT2D eigenvalue weighted by molar-refractivity contribution is 0.645. The Morgan fingerprint density at radius 3 is 2.92 bits per heavy atom. The number of hydrazine groups is 1. The van der Waals surface area contributed by atoms with Crippen LogP contribution < -0.4 is 11.3 Å². The third-order valence-electron chi connectivity index (χ3n) is 1.80. The summed E-state index contributed by atoms with van der Waals surface area (Å²) in [6, 6.07) is 1.95. The number of nitrogens with two attached hydrogens (primary N) is 1. The summed E-state index contributed by atoms with van der Waals surface area (Å²) < 4.78 is 1.86. The third-order valence-corrected chi connectivity index (χ3v) is 1.80. The van der Waals surface area contributed by atoms with Crippen LogP contribution in [-0.2, 0) is 6.54 Å². The van der Waals surface area contributed by atoms with E-state index in [1.165, 1.54) is 0 Å². The van der Waals surface area contributed by atoms with E-state index in [2.05, 4.69) is 15.5 Å². The Kier molecular flexibility index (Phi) is 3.02. The van der Waals surface area contributed by atoms with Gasteiger partial charge in [0, 0.05) is 13.6 Å². The van der Waals surface area contributed by atoms with E-state index in [-0.39, 0.29) is 0 Å². The molecule has 0 aromatic carbocycles. The number of aromatic nitrogens is 2. The number of rotatable bonds is 2. The summed E-state index contributed by atoms with van der Waals surface area (Å²) in [5.41, 5.74) is 4.43. The van der Waals surface area contributed by atoms with Crippen molar-refractivity contribution in [3.8, 4) is 0 Å². The maximum Gasteiger partial charge on any atom is 0.160 e. The van der Waals surface area contributed by atoms with E-state index in [9.17, 15) is 0 Å². The summed E-state index contributed by atoms with van der Waals surface area (Å²) in [6.45, 7) is 4.78. The van der Waals surface area contributed by atoms with Crippen LogP contribution >= 0.6 is 0 Å². The second kappa shape index (κ2) is 4.04. The Balaban J connectivity index is 3.11. The summed E-state index contributed by atoms with van der Waals surface area (Å²) in [7, 11) is 1.69. The first-order chi connectivity index (χ1) is 6.22. The van der Waals surface area contributed by atoms with Crippen LogP contribution in [0.5, 0.6) is 0 Å². The highest BCUT2D eigenvalue weighted by Crippen LogP contribution is 2.03. The minimum absolute atomic E-state index is 0.655. The number of aliphatic imine (C=N–C) groups is 1. The average molecular weight is 181 g/mol. The Hall–Kier alpha value is -1.36. The van der Waals surface area contributed by atoms with Gasteiger partial charge in [0.05, 0.1) is 5.69 Å². The first-order valence-electron chi connectivity index (χ1n) is 4.21. The summed E-state index contributed by atoms with van der Waals surface area (Å²) in [4.78, 5) is 4.02. The van der Waals surface area contributed by atoms with Crippen LogP contribution in [0.2, 0.25) is 0 Å². The molecule has 0 radical (unpaired) electrons. The molecule has 1 heterocycles. The average Bonchev–Trinajstić information content (AvgIpc) is 2.49. The van der Waals surface area contributed by atoms with E-state index in [0.717, 1.165) is 17.9 Å². The molecule has 0 amide bonds. The minimum Gasteiger partial charge on any atom is -0.307 e. The van der Waals surface area contributed by atoms with Crippen molar-refractivity contribution < 1.29 is 0 Å². The van der Waals surface area contributed by atoms with Gasteiger partial charge in [0.25, 0.3) is 0 Å². The van der Waals surface area contributed by atoms with Gasteiger partial charge in [0.15, 0.2) is 5.84 Å². The molecule has 5 heteroatoms. The number of nitrogens with one attached hydrogen (secondary N) is 1. The molecular formula is C8H15N5. The molecule has 3 N–H and O–H groups in total. The van der Waals surface area contributed by atoms with Crippen molar-refractivity contribution in [1.82, 2.24) is 15.2 Å². The van der Waals surface area contributed by atoms with Crippen LogP contribution in [0, 0.1) is 6.92 Å². The van der Waals surface area contributed by atoms with Crippen LogP contribution in [0.3, 0.4) is 0 Å². The van der Waals surface area contributed by atoms with Crippen molar-refractivity contribution in [3.63, 3.8) is 0 Å². The molecule has 1 rings (SSSR count). The quantitative estimate of drug-likeness (QED) is 0.293. The molecule has 0 bridgehead atoms. The van der Waals surface area contributed by atoms with Gasteiger partial charge < -0.3 is 5.43 Å². The monoisotopic (exact) mass is 181 g/mol. The van der Waals surface area contributed by atoms with Crippen molar-refractivity contribution in [1.29, 1.82) is 0 Å². The van der Waals surface area contributed by atoms with E-state index >= 15 is 0 Å². The maximum absolute atomic E-state index is 5.33. The molecule has 13 heavy (non-hydrogen) atoms. The van der Waals surface area contributed by atoms with Gasteiger partial charge in [-0.2, -0.15) is 5.10 Å². The van der Waals surface area contributed by atoms with Crippen LogP contribution in [0.25, 0.3) is 0 Å². The maximum atomic E-state index is 5.33. The predicted molar refractivity (Wildman–Crippen MR) is 52.4 cm³/mol. The van der Waals surface area contributed by atoms with Crippen molar-refractivity contribution in [2.45, 2.75) is 20.4 Å². The zero-order valence-electron chi connectivity index (χ0n) is 8.20. The SMILES string of the molecule is CCn1nc(C)cc1C(=NC)NN. The molecule has 0 saturated heterocycles. The number of hydrogen-bond acceptors (Lipinski definition) is 3. The summed E-state index contributed by atoms with van der Waals surface area (Å²) in [6.07, 6.45) is 0. The van der Waals surface area contributed by atoms with E-state index < -0.39 is 0 Å². The molecular weight excluding hydrogens is 166 g/mol. The topological polar surface area (TPSA) is 68.2 Å². The highest BCUT2D eigenvalue weighted by molar-refractivity contribution is 5.96. The molecule has 0 atom stereocenters. The Labute approximate surface area is 77.6 Å². The molecule has 1 aromatic heterocycles. The highest BCUT2D eigenvalue weighted by Gasteiger charge is 2.08. The molecule has 0 aliphatic carbocycles. The molecule has 5 nitrogen and oxygen atoms in total. The van der Waals surface area contributed by atoms with E-state index in [1.807, 2.05) is 24.6 Å². The highest BCUT2D eigenvalue weighted by atomic mass is 15.3. The Morgan fingerprint density at radius 1 is 1.77 bits per heavy atom. The largest absolute Gasteiger partial charge is 0.307 e. The molecule has 0 aliphatic heterocycles. The van der Waals surface area contributed by atoms with Crippen molar-refractivity contribution in [2.75, 3.05) is 7.05 Å². The number of aryl methyl sites for hydroxylation is 2. The second-order valence-electron chi connectivity index (χ2n) is 2.70. The van der Waals surface area contributed by atoms with Gasteiger partial charge in [-0.1, -0.05) is 0 Å². The fourth-order valence-electron chi connectivity index (χ4n) is 1.23. The van der Waals surface area contributed by atoms with Crippen molar-refractivity contribution in [2.24, 2.45) is 10.8 Å². The van der Waals surface area contributed by atoms with Crippen molar-refractivity contribution >= 4 is 5.84 Å². The van der Waals surface area contributed by atoms with Gasteiger partial charge in [-0.3, -0.25) is 9.67 Å². The molecule has 0 unspecified atom stereocenters. The van der Waals surface area contributed by atoms with Gasteiger partial charge in [0.1, 0.15) is 5.69 Å². The van der Waals surface area contributed by atoms with Gasteiger partial charge in [-0.25, -0.2) is 5.84 Å². The number of amidine groups is 1. The fraction of sp³-hybridized carbons (Fsp3) is 0.500. The van der Waals surface area contributed by atoms with E-state index in [0.29, 0.717) is 5.84 Å². The van der Waals surface area contributed by atoms with Crippen molar-refractivity contribution in [3.05, 3.63) is 17.5 Å². The lowest BCUT2D eigenvalue weighted by atomic mass is 10.3. The van der Waals surface area contributed by atoms with Gasteiger partial charge in [0.2, 0.25) is 0 Å². The zero-order chi connectivity index (χ0) is 9.84. The smallest absolute Gasteiger partial charge is 0.160 e. The Bertz CT molecular complexity index is 312. The molecule has 0 spiro atoms. The summed E-state index contributed by atoms with van der Waals surface area (Å²) >= 11 is 0. The standard InChI is InChI=1S/C8H15N5/c1-4-13-7(5-6(2)12-13)8(10-3)11-9/h5H,4,9H2,1-3H3,(H,10,11). The molecule has 72 valence electrons. The lowest BCUT2D eigenvalue weighted by Crippen LogP contribution is -2.32. The van der Waals surface area contributed by atoms with Crippen LogP contribution in [0.15, 0.2) is 11.1 Å². The van der Waals surface area contributed by atoms with Gasteiger partial charge in [-0.05, 0) is 19.9 Å². The van der Waals surface area contributed by atoms with Crippen LogP contribution in [0.4, 0.5) is 0 Å². The van der Waals surface area contributed by atoms with E-state index in [4.69, 9.17) is 5.84 Å². The predicted octanol–water partition coefficient (Wildman–Crippen LogP) is 0.0511. The number of nitrogens with zero attached hydrogens (tertiary/aromatic N) is 3. The Morgan fingerprint density at radius 2 is 2.46 bits per heavy atom. The normalized spacial score (nSPS) is 11.8. The van der Waals surface area contributed by atoms with Crippen LogP contribution in [0.1, 0.15) is 18.3 Å². The first kappa shape index (κ1) is 9.73. The van der Waals surface area contributed by atoms with Gasteiger partial charge in [-0.15, -0.1) is 0 Å². The molecule has 0 saturated carbocycles. The van der Waals surface area contributed by atoms with Gasteiger partial charge >= 0.3 is 0 Å². The minimum atomic E-state index is 0.655. The van der Waals surface area contributed by atoms with E-state index in [1.54, 1.807) is 7.05 Å². The third kappa shape index (κ3) is 1.86. The zero-order valence-corrected chi connectivity index (χ0v) is 8.20. The fourth-order valence-corrected chi connectivity index (χ4v) is 1.23. The lowest BCUT2D eigenvalue weighted by Gasteiger charge is -2.05.